The predicted octanol–water partition coefficient (Wildman–Crippen LogP) is 3.45. The fraction of sp³-hybridized carbons (Fsp3) is 0.625. The van der Waals surface area contributed by atoms with Crippen LogP contribution in [0.5, 0.6) is 0 Å². The summed E-state index contributed by atoms with van der Waals surface area (Å²) < 4.78 is 0. The minimum absolute atomic E-state index is 0.839. The number of piperidine rings is 1. The number of nitrogens with zero attached hydrogens (tertiary/aromatic N) is 3. The van der Waals surface area contributed by atoms with Crippen LogP contribution in [0.3, 0.4) is 0 Å². The lowest BCUT2D eigenvalue weighted by atomic mass is 10.0. The van der Waals surface area contributed by atoms with Gasteiger partial charge in [0.05, 0.1) is 5.39 Å². The third-order valence-electron chi connectivity index (χ3n) is 4.43. The fourth-order valence-electron chi connectivity index (χ4n) is 3.14. The number of fused-ring (bicyclic) bond motifs is 1. The molecule has 4 nitrogen and oxygen atoms in total. The van der Waals surface area contributed by atoms with Gasteiger partial charge in [0.2, 0.25) is 0 Å². The van der Waals surface area contributed by atoms with Gasteiger partial charge in [-0.05, 0) is 44.7 Å². The van der Waals surface area contributed by atoms with Crippen LogP contribution in [0.1, 0.15) is 30.2 Å². The Labute approximate surface area is 130 Å². The summed E-state index contributed by atoms with van der Waals surface area (Å²) in [4.78, 5) is 13.8. The van der Waals surface area contributed by atoms with Gasteiger partial charge >= 0.3 is 0 Å². The molecule has 1 N–H and O–H groups in total. The first-order chi connectivity index (χ1) is 10.1. The number of rotatable bonds is 4. The number of thiophene rings is 1. The molecule has 0 amide bonds. The maximum atomic E-state index is 4.44. The lowest BCUT2D eigenvalue weighted by Gasteiger charge is -2.30. The molecule has 1 aliphatic rings. The molecular formula is C16H24N4S. The predicted molar refractivity (Wildman–Crippen MR) is 90.2 cm³/mol. The maximum Gasteiger partial charge on any atom is 0.138 e. The molecule has 2 aromatic rings. The third kappa shape index (κ3) is 3.19. The molecule has 1 atom stereocenters. The molecule has 3 heterocycles. The van der Waals surface area contributed by atoms with E-state index in [-0.39, 0.29) is 0 Å². The van der Waals surface area contributed by atoms with E-state index in [0.29, 0.717) is 0 Å². The summed E-state index contributed by atoms with van der Waals surface area (Å²) in [5, 5.41) is 4.72. The molecule has 21 heavy (non-hydrogen) atoms. The van der Waals surface area contributed by atoms with Gasteiger partial charge in [0.15, 0.2) is 0 Å². The molecule has 1 unspecified atom stereocenters. The van der Waals surface area contributed by atoms with Crippen molar-refractivity contribution >= 4 is 27.4 Å². The first kappa shape index (κ1) is 14.7. The van der Waals surface area contributed by atoms with E-state index in [0.717, 1.165) is 29.7 Å². The molecule has 0 radical (unpaired) electrons. The summed E-state index contributed by atoms with van der Waals surface area (Å²) in [6.07, 6.45) is 4.38. The Kier molecular flexibility index (Phi) is 4.40. The van der Waals surface area contributed by atoms with Gasteiger partial charge < -0.3 is 10.2 Å². The highest BCUT2D eigenvalue weighted by Gasteiger charge is 2.16. The van der Waals surface area contributed by atoms with Crippen LogP contribution in [0, 0.1) is 19.8 Å². The molecule has 5 heteroatoms. The average Bonchev–Trinajstić information content (AvgIpc) is 2.75. The molecule has 0 bridgehead atoms. The number of aryl methyl sites for hydroxylation is 2. The van der Waals surface area contributed by atoms with Gasteiger partial charge in [-0.3, -0.25) is 0 Å². The highest BCUT2D eigenvalue weighted by Crippen LogP contribution is 2.32. The van der Waals surface area contributed by atoms with Crippen LogP contribution in [-0.4, -0.2) is 41.0 Å². The summed E-state index contributed by atoms with van der Waals surface area (Å²) in [6.45, 7) is 11.2. The quantitative estimate of drug-likeness (QED) is 0.939. The molecule has 0 saturated carbocycles. The topological polar surface area (TPSA) is 41.1 Å². The zero-order valence-electron chi connectivity index (χ0n) is 13.1. The van der Waals surface area contributed by atoms with Crippen molar-refractivity contribution in [2.45, 2.75) is 33.6 Å². The number of hydrogen-bond acceptors (Lipinski definition) is 5. The van der Waals surface area contributed by atoms with Crippen molar-refractivity contribution in [2.24, 2.45) is 5.92 Å². The SMILES string of the molecule is Cc1sc2ncnc(NCCN3CCCC(C)C3)c2c1C. The lowest BCUT2D eigenvalue weighted by Crippen LogP contribution is -2.37. The second-order valence-electron chi connectivity index (χ2n) is 6.16. The van der Waals surface area contributed by atoms with Crippen molar-refractivity contribution in [3.63, 3.8) is 0 Å². The number of likely N-dealkylation sites (tertiary alicyclic amines) is 1. The van der Waals surface area contributed by atoms with E-state index in [4.69, 9.17) is 0 Å². The molecule has 1 aliphatic heterocycles. The van der Waals surface area contributed by atoms with Crippen molar-refractivity contribution in [1.29, 1.82) is 0 Å². The van der Waals surface area contributed by atoms with Gasteiger partial charge in [0.1, 0.15) is 17.0 Å². The van der Waals surface area contributed by atoms with E-state index in [1.165, 1.54) is 41.8 Å². The van der Waals surface area contributed by atoms with Crippen molar-refractivity contribution in [3.8, 4) is 0 Å². The molecule has 1 saturated heterocycles. The summed E-state index contributed by atoms with van der Waals surface area (Å²) in [7, 11) is 0. The lowest BCUT2D eigenvalue weighted by molar-refractivity contribution is 0.190. The summed E-state index contributed by atoms with van der Waals surface area (Å²) in [5.74, 6) is 1.83. The van der Waals surface area contributed by atoms with Gasteiger partial charge in [-0.1, -0.05) is 6.92 Å². The standard InChI is InChI=1S/C16H24N4S/c1-11-5-4-7-20(9-11)8-6-17-15-14-12(2)13(3)21-16(14)19-10-18-15/h10-11H,4-9H2,1-3H3,(H,17,18,19). The Balaban J connectivity index is 1.65. The maximum absolute atomic E-state index is 4.44. The highest BCUT2D eigenvalue weighted by molar-refractivity contribution is 7.18. The first-order valence-corrected chi connectivity index (χ1v) is 8.63. The molecule has 114 valence electrons. The summed E-state index contributed by atoms with van der Waals surface area (Å²) >= 11 is 1.75. The van der Waals surface area contributed by atoms with E-state index in [9.17, 15) is 0 Å². The van der Waals surface area contributed by atoms with E-state index in [2.05, 4.69) is 41.0 Å². The summed E-state index contributed by atoms with van der Waals surface area (Å²) in [5.41, 5.74) is 1.31. The zero-order chi connectivity index (χ0) is 14.8. The first-order valence-electron chi connectivity index (χ1n) is 7.82. The number of anilines is 1. The normalized spacial score (nSPS) is 20.0. The smallest absolute Gasteiger partial charge is 0.138 e. The van der Waals surface area contributed by atoms with Crippen LogP contribution in [0.15, 0.2) is 6.33 Å². The van der Waals surface area contributed by atoms with Gasteiger partial charge in [0.25, 0.3) is 0 Å². The Morgan fingerprint density at radius 1 is 1.38 bits per heavy atom. The molecular weight excluding hydrogens is 280 g/mol. The molecule has 1 fully saturated rings. The van der Waals surface area contributed by atoms with Crippen LogP contribution in [0.2, 0.25) is 0 Å². The van der Waals surface area contributed by atoms with Gasteiger partial charge in [0, 0.05) is 24.5 Å². The summed E-state index contributed by atoms with van der Waals surface area (Å²) in [6, 6.07) is 0. The second-order valence-corrected chi connectivity index (χ2v) is 7.36. The fourth-order valence-corrected chi connectivity index (χ4v) is 4.14. The Hall–Kier alpha value is -1.20. The van der Waals surface area contributed by atoms with Crippen molar-refractivity contribution < 1.29 is 0 Å². The van der Waals surface area contributed by atoms with E-state index in [1.54, 1.807) is 17.7 Å². The number of nitrogens with one attached hydrogen (secondary N) is 1. The minimum atomic E-state index is 0.839. The molecule has 2 aromatic heterocycles. The molecule has 0 spiro atoms. The van der Waals surface area contributed by atoms with Gasteiger partial charge in [-0.2, -0.15) is 0 Å². The zero-order valence-corrected chi connectivity index (χ0v) is 14.0. The largest absolute Gasteiger partial charge is 0.368 e. The van der Waals surface area contributed by atoms with Crippen LogP contribution in [0.4, 0.5) is 5.82 Å². The van der Waals surface area contributed by atoms with Crippen molar-refractivity contribution in [2.75, 3.05) is 31.5 Å². The monoisotopic (exact) mass is 304 g/mol. The second kappa shape index (κ2) is 6.28. The van der Waals surface area contributed by atoms with E-state index in [1.807, 2.05) is 0 Å². The van der Waals surface area contributed by atoms with Crippen LogP contribution in [0.25, 0.3) is 10.2 Å². The van der Waals surface area contributed by atoms with Crippen molar-refractivity contribution in [3.05, 3.63) is 16.8 Å². The Morgan fingerprint density at radius 3 is 3.05 bits per heavy atom. The van der Waals surface area contributed by atoms with Gasteiger partial charge in [-0.15, -0.1) is 11.3 Å². The molecule has 0 aliphatic carbocycles. The van der Waals surface area contributed by atoms with Crippen LogP contribution < -0.4 is 5.32 Å². The number of aromatic nitrogens is 2. The molecule has 0 aromatic carbocycles. The Morgan fingerprint density at radius 2 is 2.24 bits per heavy atom. The van der Waals surface area contributed by atoms with Crippen LogP contribution in [-0.2, 0) is 0 Å². The average molecular weight is 304 g/mol. The highest BCUT2D eigenvalue weighted by atomic mass is 32.1. The van der Waals surface area contributed by atoms with Crippen molar-refractivity contribution in [1.82, 2.24) is 14.9 Å². The Bertz CT molecular complexity index is 622. The van der Waals surface area contributed by atoms with E-state index < -0.39 is 0 Å². The third-order valence-corrected chi connectivity index (χ3v) is 5.54. The van der Waals surface area contributed by atoms with Gasteiger partial charge in [-0.25, -0.2) is 9.97 Å². The molecule has 3 rings (SSSR count). The van der Waals surface area contributed by atoms with Crippen LogP contribution >= 0.6 is 11.3 Å². The number of hydrogen-bond donors (Lipinski definition) is 1. The minimum Gasteiger partial charge on any atom is -0.368 e. The van der Waals surface area contributed by atoms with E-state index >= 15 is 0 Å².